The zero-order chi connectivity index (χ0) is 15.6. The minimum atomic E-state index is 0.339. The molecule has 0 aliphatic carbocycles. The number of anilines is 2. The quantitative estimate of drug-likeness (QED) is 0.923. The van der Waals surface area contributed by atoms with Gasteiger partial charge in [0.1, 0.15) is 17.5 Å². The first-order chi connectivity index (χ1) is 9.93. The molecule has 1 fully saturated rings. The maximum absolute atomic E-state index is 4.85. The first-order valence-corrected chi connectivity index (χ1v) is 8.01. The number of hydrogen-bond acceptors (Lipinski definition) is 5. The highest BCUT2D eigenvalue weighted by Gasteiger charge is 2.24. The lowest BCUT2D eigenvalue weighted by atomic mass is 10.1. The van der Waals surface area contributed by atoms with Crippen LogP contribution in [0.5, 0.6) is 0 Å². The summed E-state index contributed by atoms with van der Waals surface area (Å²) in [4.78, 5) is 14.4. The van der Waals surface area contributed by atoms with Crippen LogP contribution < -0.4 is 10.2 Å². The third kappa shape index (κ3) is 3.46. The summed E-state index contributed by atoms with van der Waals surface area (Å²) in [7, 11) is 2.19. The Morgan fingerprint density at radius 2 is 2.00 bits per heavy atom. The molecule has 1 aliphatic rings. The molecule has 1 atom stereocenters. The molecule has 0 amide bonds. The maximum Gasteiger partial charge on any atom is 0.137 e. The molecular formula is C16H29N5. The third-order valence-corrected chi connectivity index (χ3v) is 4.26. The van der Waals surface area contributed by atoms with Crippen molar-refractivity contribution in [2.75, 3.05) is 43.4 Å². The number of nitrogens with zero attached hydrogens (tertiary/aromatic N) is 4. The fourth-order valence-electron chi connectivity index (χ4n) is 2.67. The molecule has 0 aromatic carbocycles. The SMILES string of the molecule is CCNc1nc(C(C)C)nc(N2CCN(C)C(C)C2)c1C. The van der Waals surface area contributed by atoms with Gasteiger partial charge in [-0.3, -0.25) is 0 Å². The van der Waals surface area contributed by atoms with Gasteiger partial charge in [-0.15, -0.1) is 0 Å². The molecule has 2 rings (SSSR count). The molecule has 2 heterocycles. The Morgan fingerprint density at radius 1 is 1.29 bits per heavy atom. The molecule has 0 bridgehead atoms. The molecule has 118 valence electrons. The molecule has 0 saturated carbocycles. The normalized spacial score (nSPS) is 20.1. The summed E-state index contributed by atoms with van der Waals surface area (Å²) in [5, 5.41) is 3.38. The van der Waals surface area contributed by atoms with E-state index in [-0.39, 0.29) is 0 Å². The fraction of sp³-hybridized carbons (Fsp3) is 0.750. The average molecular weight is 291 g/mol. The van der Waals surface area contributed by atoms with Gasteiger partial charge >= 0.3 is 0 Å². The molecule has 1 saturated heterocycles. The van der Waals surface area contributed by atoms with E-state index in [4.69, 9.17) is 9.97 Å². The maximum atomic E-state index is 4.85. The van der Waals surface area contributed by atoms with Crippen molar-refractivity contribution in [1.82, 2.24) is 14.9 Å². The number of nitrogens with one attached hydrogen (secondary N) is 1. The predicted octanol–water partition coefficient (Wildman–Crippen LogP) is 2.48. The predicted molar refractivity (Wildman–Crippen MR) is 89.3 cm³/mol. The zero-order valence-corrected chi connectivity index (χ0v) is 14.3. The second-order valence-electron chi connectivity index (χ2n) is 6.34. The van der Waals surface area contributed by atoms with Crippen LogP contribution in [0.2, 0.25) is 0 Å². The lowest BCUT2D eigenvalue weighted by Gasteiger charge is -2.39. The van der Waals surface area contributed by atoms with Crippen molar-refractivity contribution in [1.29, 1.82) is 0 Å². The number of aromatic nitrogens is 2. The summed E-state index contributed by atoms with van der Waals surface area (Å²) in [6, 6.07) is 0.554. The van der Waals surface area contributed by atoms with Gasteiger partial charge in [0, 0.05) is 43.7 Å². The van der Waals surface area contributed by atoms with Crippen LogP contribution in [-0.4, -0.2) is 54.1 Å². The van der Waals surface area contributed by atoms with Crippen molar-refractivity contribution >= 4 is 11.6 Å². The number of hydrogen-bond donors (Lipinski definition) is 1. The molecule has 0 radical (unpaired) electrons. The van der Waals surface area contributed by atoms with Gasteiger partial charge in [0.25, 0.3) is 0 Å². The molecular weight excluding hydrogens is 262 g/mol. The summed E-state index contributed by atoms with van der Waals surface area (Å²) < 4.78 is 0. The second kappa shape index (κ2) is 6.60. The molecule has 5 nitrogen and oxygen atoms in total. The van der Waals surface area contributed by atoms with Crippen molar-refractivity contribution in [3.8, 4) is 0 Å². The van der Waals surface area contributed by atoms with Gasteiger partial charge in [-0.25, -0.2) is 9.97 Å². The Bertz CT molecular complexity index is 486. The molecule has 0 spiro atoms. The largest absolute Gasteiger partial charge is 0.370 e. The van der Waals surface area contributed by atoms with Gasteiger partial charge in [0.05, 0.1) is 0 Å². The Labute approximate surface area is 128 Å². The first kappa shape index (κ1) is 16.0. The lowest BCUT2D eigenvalue weighted by Crippen LogP contribution is -2.50. The van der Waals surface area contributed by atoms with E-state index in [2.05, 4.69) is 56.8 Å². The molecule has 1 unspecified atom stereocenters. The molecule has 1 aromatic rings. The Hall–Kier alpha value is -1.36. The zero-order valence-electron chi connectivity index (χ0n) is 14.3. The van der Waals surface area contributed by atoms with E-state index in [1.54, 1.807) is 0 Å². The number of piperazine rings is 1. The van der Waals surface area contributed by atoms with Crippen LogP contribution in [0.15, 0.2) is 0 Å². The standard InChI is InChI=1S/C16H29N5/c1-7-17-15-13(5)16(19-14(18-15)11(2)3)21-9-8-20(6)12(4)10-21/h11-12H,7-10H2,1-6H3,(H,17,18,19). The highest BCUT2D eigenvalue weighted by molar-refractivity contribution is 5.59. The minimum Gasteiger partial charge on any atom is -0.370 e. The molecule has 21 heavy (non-hydrogen) atoms. The monoisotopic (exact) mass is 291 g/mol. The van der Waals surface area contributed by atoms with Crippen molar-refractivity contribution in [2.45, 2.75) is 46.6 Å². The minimum absolute atomic E-state index is 0.339. The molecule has 1 aromatic heterocycles. The Kier molecular flexibility index (Phi) is 5.04. The first-order valence-electron chi connectivity index (χ1n) is 8.01. The summed E-state index contributed by atoms with van der Waals surface area (Å²) in [5.41, 5.74) is 1.16. The van der Waals surface area contributed by atoms with Crippen molar-refractivity contribution in [3.05, 3.63) is 11.4 Å². The summed E-state index contributed by atoms with van der Waals surface area (Å²) >= 11 is 0. The smallest absolute Gasteiger partial charge is 0.137 e. The van der Waals surface area contributed by atoms with E-state index in [0.717, 1.165) is 49.2 Å². The topological polar surface area (TPSA) is 44.3 Å². The van der Waals surface area contributed by atoms with Crippen molar-refractivity contribution in [2.24, 2.45) is 0 Å². The van der Waals surface area contributed by atoms with Gasteiger partial charge in [0.2, 0.25) is 0 Å². The number of likely N-dealkylation sites (N-methyl/N-ethyl adjacent to an activating group) is 1. The van der Waals surface area contributed by atoms with E-state index in [1.165, 1.54) is 0 Å². The van der Waals surface area contributed by atoms with Crippen LogP contribution in [0.4, 0.5) is 11.6 Å². The van der Waals surface area contributed by atoms with E-state index in [0.29, 0.717) is 12.0 Å². The van der Waals surface area contributed by atoms with Crippen LogP contribution in [0.25, 0.3) is 0 Å². The lowest BCUT2D eigenvalue weighted by molar-refractivity contribution is 0.233. The van der Waals surface area contributed by atoms with Crippen LogP contribution >= 0.6 is 0 Å². The fourth-order valence-corrected chi connectivity index (χ4v) is 2.67. The average Bonchev–Trinajstić information content (AvgIpc) is 2.44. The summed E-state index contributed by atoms with van der Waals surface area (Å²) in [5.74, 6) is 3.35. The Balaban J connectivity index is 2.37. The number of rotatable bonds is 4. The summed E-state index contributed by atoms with van der Waals surface area (Å²) in [6.45, 7) is 14.8. The van der Waals surface area contributed by atoms with Gasteiger partial charge in [-0.1, -0.05) is 13.8 Å². The third-order valence-electron chi connectivity index (χ3n) is 4.26. The highest BCUT2D eigenvalue weighted by Crippen LogP contribution is 2.27. The van der Waals surface area contributed by atoms with Crippen LogP contribution in [-0.2, 0) is 0 Å². The van der Waals surface area contributed by atoms with Gasteiger partial charge in [-0.05, 0) is 27.8 Å². The van der Waals surface area contributed by atoms with Crippen LogP contribution in [0, 0.1) is 6.92 Å². The van der Waals surface area contributed by atoms with E-state index < -0.39 is 0 Å². The summed E-state index contributed by atoms with van der Waals surface area (Å²) in [6.07, 6.45) is 0. The van der Waals surface area contributed by atoms with Crippen LogP contribution in [0.1, 0.15) is 45.0 Å². The van der Waals surface area contributed by atoms with Crippen molar-refractivity contribution in [3.63, 3.8) is 0 Å². The van der Waals surface area contributed by atoms with E-state index in [1.807, 2.05) is 0 Å². The van der Waals surface area contributed by atoms with E-state index in [9.17, 15) is 0 Å². The second-order valence-corrected chi connectivity index (χ2v) is 6.34. The van der Waals surface area contributed by atoms with Crippen LogP contribution in [0.3, 0.4) is 0 Å². The van der Waals surface area contributed by atoms with Crippen molar-refractivity contribution < 1.29 is 0 Å². The molecule has 1 aliphatic heterocycles. The van der Waals surface area contributed by atoms with Gasteiger partial charge < -0.3 is 15.1 Å². The van der Waals surface area contributed by atoms with Gasteiger partial charge in [0.15, 0.2) is 0 Å². The molecule has 1 N–H and O–H groups in total. The highest BCUT2D eigenvalue weighted by atomic mass is 15.3. The molecule has 5 heteroatoms. The Morgan fingerprint density at radius 3 is 2.57 bits per heavy atom. The van der Waals surface area contributed by atoms with Gasteiger partial charge in [-0.2, -0.15) is 0 Å². The van der Waals surface area contributed by atoms with E-state index >= 15 is 0 Å².